The van der Waals surface area contributed by atoms with Crippen molar-refractivity contribution in [2.45, 2.75) is 44.4 Å². The van der Waals surface area contributed by atoms with Gasteiger partial charge in [0.1, 0.15) is 12.4 Å². The SMILES string of the molecule is COCc1nc(NCCCn2ccnc2)cc(C2CC(N)C2)n1.Cl.Cl. The van der Waals surface area contributed by atoms with Crippen LogP contribution in [0.25, 0.3) is 0 Å². The molecular formula is C16H26Cl2N6O. The molecule has 2 aromatic rings. The summed E-state index contributed by atoms with van der Waals surface area (Å²) in [7, 11) is 1.66. The van der Waals surface area contributed by atoms with Crippen molar-refractivity contribution in [3.05, 3.63) is 36.3 Å². The summed E-state index contributed by atoms with van der Waals surface area (Å²) < 4.78 is 7.25. The van der Waals surface area contributed by atoms with Crippen molar-refractivity contribution in [3.8, 4) is 0 Å². The van der Waals surface area contributed by atoms with Gasteiger partial charge in [-0.3, -0.25) is 0 Å². The minimum Gasteiger partial charge on any atom is -0.377 e. The van der Waals surface area contributed by atoms with E-state index in [0.29, 0.717) is 18.6 Å². The number of rotatable bonds is 8. The number of methoxy groups -OCH3 is 1. The lowest BCUT2D eigenvalue weighted by molar-refractivity contribution is 0.177. The second kappa shape index (κ2) is 10.6. The normalized spacial score (nSPS) is 18.6. The molecule has 2 aromatic heterocycles. The van der Waals surface area contributed by atoms with Crippen LogP contribution in [0, 0.1) is 0 Å². The van der Waals surface area contributed by atoms with E-state index in [4.69, 9.17) is 10.5 Å². The van der Waals surface area contributed by atoms with Gasteiger partial charge in [-0.2, -0.15) is 0 Å². The number of nitrogens with two attached hydrogens (primary N) is 1. The Morgan fingerprint density at radius 3 is 2.76 bits per heavy atom. The van der Waals surface area contributed by atoms with E-state index in [1.807, 2.05) is 18.6 Å². The summed E-state index contributed by atoms with van der Waals surface area (Å²) in [6, 6.07) is 2.36. The molecule has 3 rings (SSSR count). The molecule has 2 heterocycles. The molecule has 0 saturated heterocycles. The van der Waals surface area contributed by atoms with Crippen molar-refractivity contribution in [3.63, 3.8) is 0 Å². The molecule has 9 heteroatoms. The molecule has 1 aliphatic carbocycles. The Hall–Kier alpha value is -1.41. The quantitative estimate of drug-likeness (QED) is 0.674. The topological polar surface area (TPSA) is 90.9 Å². The van der Waals surface area contributed by atoms with Crippen LogP contribution in [0.5, 0.6) is 0 Å². The Labute approximate surface area is 160 Å². The van der Waals surface area contributed by atoms with Crippen LogP contribution in [-0.4, -0.2) is 39.2 Å². The maximum absolute atomic E-state index is 5.89. The fourth-order valence-corrected chi connectivity index (χ4v) is 2.81. The van der Waals surface area contributed by atoms with E-state index in [-0.39, 0.29) is 24.8 Å². The Kier molecular flexibility index (Phi) is 9.13. The maximum atomic E-state index is 5.89. The van der Waals surface area contributed by atoms with E-state index in [0.717, 1.165) is 49.7 Å². The van der Waals surface area contributed by atoms with Gasteiger partial charge in [0.25, 0.3) is 0 Å². The fraction of sp³-hybridized carbons (Fsp3) is 0.562. The molecule has 0 unspecified atom stereocenters. The first kappa shape index (κ1) is 21.6. The van der Waals surface area contributed by atoms with E-state index in [2.05, 4.69) is 24.8 Å². The fourth-order valence-electron chi connectivity index (χ4n) is 2.81. The largest absolute Gasteiger partial charge is 0.377 e. The molecule has 7 nitrogen and oxygen atoms in total. The number of nitrogens with one attached hydrogen (secondary N) is 1. The average Bonchev–Trinajstić information content (AvgIpc) is 3.02. The Bertz CT molecular complexity index is 619. The van der Waals surface area contributed by atoms with Gasteiger partial charge >= 0.3 is 0 Å². The Morgan fingerprint density at radius 1 is 1.32 bits per heavy atom. The van der Waals surface area contributed by atoms with E-state index in [1.54, 1.807) is 13.3 Å². The summed E-state index contributed by atoms with van der Waals surface area (Å²) in [6.07, 6.45) is 8.61. The predicted molar refractivity (Wildman–Crippen MR) is 103 cm³/mol. The van der Waals surface area contributed by atoms with Gasteiger partial charge in [-0.25, -0.2) is 15.0 Å². The molecule has 140 valence electrons. The highest BCUT2D eigenvalue weighted by molar-refractivity contribution is 5.85. The number of hydrogen-bond acceptors (Lipinski definition) is 6. The van der Waals surface area contributed by atoms with Gasteiger partial charge in [0.05, 0.1) is 6.33 Å². The molecule has 1 fully saturated rings. The van der Waals surface area contributed by atoms with Crippen LogP contribution in [0.4, 0.5) is 5.82 Å². The summed E-state index contributed by atoms with van der Waals surface area (Å²) >= 11 is 0. The molecule has 0 atom stereocenters. The molecule has 0 bridgehead atoms. The number of imidazole rings is 1. The van der Waals surface area contributed by atoms with E-state index in [1.165, 1.54) is 0 Å². The van der Waals surface area contributed by atoms with E-state index < -0.39 is 0 Å². The van der Waals surface area contributed by atoms with Gasteiger partial charge in [-0.1, -0.05) is 0 Å². The summed E-state index contributed by atoms with van der Waals surface area (Å²) in [4.78, 5) is 13.2. The monoisotopic (exact) mass is 388 g/mol. The molecule has 0 amide bonds. The number of hydrogen-bond donors (Lipinski definition) is 2. The highest BCUT2D eigenvalue weighted by atomic mass is 35.5. The third-order valence-electron chi connectivity index (χ3n) is 4.12. The summed E-state index contributed by atoms with van der Waals surface area (Å²) in [5.41, 5.74) is 6.97. The highest BCUT2D eigenvalue weighted by Gasteiger charge is 2.29. The van der Waals surface area contributed by atoms with Crippen LogP contribution in [-0.2, 0) is 17.9 Å². The second-order valence-electron chi connectivity index (χ2n) is 6.04. The third kappa shape index (κ3) is 6.11. The zero-order chi connectivity index (χ0) is 16.1. The third-order valence-corrected chi connectivity index (χ3v) is 4.12. The van der Waals surface area contributed by atoms with Crippen molar-refractivity contribution < 1.29 is 4.74 Å². The molecule has 1 aliphatic rings. The first-order chi connectivity index (χ1) is 11.2. The summed E-state index contributed by atoms with van der Waals surface area (Å²) in [5, 5.41) is 3.39. The first-order valence-electron chi connectivity index (χ1n) is 8.06. The Morgan fingerprint density at radius 2 is 2.12 bits per heavy atom. The molecule has 0 spiro atoms. The Balaban J connectivity index is 0.00000156. The molecule has 0 radical (unpaired) electrons. The number of aromatic nitrogens is 4. The van der Waals surface area contributed by atoms with E-state index in [9.17, 15) is 0 Å². The number of aryl methyl sites for hydroxylation is 1. The lowest BCUT2D eigenvalue weighted by atomic mass is 9.78. The number of nitrogens with zero attached hydrogens (tertiary/aromatic N) is 4. The van der Waals surface area contributed by atoms with Gasteiger partial charge in [0.15, 0.2) is 5.82 Å². The van der Waals surface area contributed by atoms with Crippen molar-refractivity contribution in [2.24, 2.45) is 5.73 Å². The van der Waals surface area contributed by atoms with E-state index >= 15 is 0 Å². The van der Waals surface area contributed by atoms with Crippen LogP contribution in [0.1, 0.15) is 36.7 Å². The molecule has 1 saturated carbocycles. The van der Waals surface area contributed by atoms with Gasteiger partial charge in [0, 0.05) is 56.3 Å². The molecule has 25 heavy (non-hydrogen) atoms. The van der Waals surface area contributed by atoms with Crippen LogP contribution in [0.15, 0.2) is 24.8 Å². The zero-order valence-corrected chi connectivity index (χ0v) is 15.9. The van der Waals surface area contributed by atoms with Crippen molar-refractivity contribution in [2.75, 3.05) is 19.0 Å². The molecule has 0 aliphatic heterocycles. The van der Waals surface area contributed by atoms with Crippen LogP contribution < -0.4 is 11.1 Å². The minimum atomic E-state index is 0. The number of halogens is 2. The van der Waals surface area contributed by atoms with Crippen molar-refractivity contribution >= 4 is 30.6 Å². The maximum Gasteiger partial charge on any atom is 0.156 e. The lowest BCUT2D eigenvalue weighted by Crippen LogP contribution is -2.35. The van der Waals surface area contributed by atoms with Crippen molar-refractivity contribution in [1.82, 2.24) is 19.5 Å². The van der Waals surface area contributed by atoms with Crippen LogP contribution in [0.3, 0.4) is 0 Å². The van der Waals surface area contributed by atoms with Gasteiger partial charge in [-0.15, -0.1) is 24.8 Å². The van der Waals surface area contributed by atoms with Gasteiger partial charge in [-0.05, 0) is 19.3 Å². The smallest absolute Gasteiger partial charge is 0.156 e. The number of anilines is 1. The molecule has 0 aromatic carbocycles. The van der Waals surface area contributed by atoms with Gasteiger partial charge < -0.3 is 20.4 Å². The first-order valence-corrected chi connectivity index (χ1v) is 8.06. The van der Waals surface area contributed by atoms with Crippen LogP contribution >= 0.6 is 24.8 Å². The summed E-state index contributed by atoms with van der Waals surface area (Å²) in [6.45, 7) is 2.22. The predicted octanol–water partition coefficient (Wildman–Crippen LogP) is 2.37. The molecule has 3 N–H and O–H groups in total. The standard InChI is InChI=1S/C16H24N6O.2ClH/c1-23-10-16-20-14(12-7-13(17)8-12)9-15(21-16)19-3-2-5-22-6-4-18-11-22;;/h4,6,9,11-13H,2-3,5,7-8,10,17H2,1H3,(H,19,20,21);2*1H. The zero-order valence-electron chi connectivity index (χ0n) is 14.3. The highest BCUT2D eigenvalue weighted by Crippen LogP contribution is 2.35. The van der Waals surface area contributed by atoms with Gasteiger partial charge in [0.2, 0.25) is 0 Å². The lowest BCUT2D eigenvalue weighted by Gasteiger charge is -2.32. The number of ether oxygens (including phenoxy) is 1. The summed E-state index contributed by atoms with van der Waals surface area (Å²) in [5.74, 6) is 2.05. The van der Waals surface area contributed by atoms with Crippen molar-refractivity contribution in [1.29, 1.82) is 0 Å². The minimum absolute atomic E-state index is 0. The average molecular weight is 389 g/mol. The second-order valence-corrected chi connectivity index (χ2v) is 6.04. The van der Waals surface area contributed by atoms with Crippen LogP contribution in [0.2, 0.25) is 0 Å². The molecular weight excluding hydrogens is 363 g/mol.